The van der Waals surface area contributed by atoms with Gasteiger partial charge in [-0.15, -0.1) is 0 Å². The predicted molar refractivity (Wildman–Crippen MR) is 116 cm³/mol. The van der Waals surface area contributed by atoms with Crippen molar-refractivity contribution in [2.45, 2.75) is 19.1 Å². The number of β-lactam (4-membered cyclic amide) rings is 1. The lowest BCUT2D eigenvalue weighted by molar-refractivity contribution is -0.153. The minimum absolute atomic E-state index is 0.0336. The summed E-state index contributed by atoms with van der Waals surface area (Å²) in [7, 11) is 0. The maximum absolute atomic E-state index is 12.7. The van der Waals surface area contributed by atoms with E-state index in [-0.39, 0.29) is 11.9 Å². The fourth-order valence-corrected chi connectivity index (χ4v) is 3.54. The van der Waals surface area contributed by atoms with Crippen molar-refractivity contribution in [2.75, 3.05) is 0 Å². The Balaban J connectivity index is 1.74. The van der Waals surface area contributed by atoms with Gasteiger partial charge < -0.3 is 9.64 Å². The Labute approximate surface area is 171 Å². The van der Waals surface area contributed by atoms with E-state index < -0.39 is 6.10 Å². The molecule has 1 aliphatic rings. The number of rotatable bonds is 6. The van der Waals surface area contributed by atoms with E-state index in [9.17, 15) is 4.79 Å². The summed E-state index contributed by atoms with van der Waals surface area (Å²) in [5.74, 6) is 0.666. The summed E-state index contributed by atoms with van der Waals surface area (Å²) in [6.45, 7) is 1.91. The van der Waals surface area contributed by atoms with Crippen molar-refractivity contribution in [1.29, 1.82) is 0 Å². The van der Waals surface area contributed by atoms with Crippen LogP contribution in [-0.2, 0) is 4.79 Å². The number of allylic oxidation sites excluding steroid dienone is 1. The molecule has 0 radical (unpaired) electrons. The van der Waals surface area contributed by atoms with Crippen LogP contribution in [0.25, 0.3) is 5.57 Å². The summed E-state index contributed by atoms with van der Waals surface area (Å²) >= 11 is 0. The number of hydrogen-bond donors (Lipinski definition) is 0. The quantitative estimate of drug-likeness (QED) is 0.542. The largest absolute Gasteiger partial charge is 0.478 e. The molecule has 4 rings (SSSR count). The third kappa shape index (κ3) is 3.99. The van der Waals surface area contributed by atoms with Gasteiger partial charge in [-0.1, -0.05) is 84.9 Å². The lowest BCUT2D eigenvalue weighted by Gasteiger charge is -2.43. The van der Waals surface area contributed by atoms with E-state index in [1.807, 2.05) is 85.9 Å². The molecule has 1 aliphatic heterocycles. The number of nitrogens with zero attached hydrogens (tertiary/aromatic N) is 1. The number of para-hydroxylation sites is 1. The van der Waals surface area contributed by atoms with Gasteiger partial charge in [0.25, 0.3) is 5.91 Å². The van der Waals surface area contributed by atoms with Crippen molar-refractivity contribution in [1.82, 2.24) is 4.90 Å². The van der Waals surface area contributed by atoms with E-state index in [0.29, 0.717) is 5.75 Å². The van der Waals surface area contributed by atoms with Crippen molar-refractivity contribution < 1.29 is 9.53 Å². The highest BCUT2D eigenvalue weighted by atomic mass is 16.5. The van der Waals surface area contributed by atoms with Crippen LogP contribution in [0.15, 0.2) is 109 Å². The monoisotopic (exact) mass is 381 g/mol. The second-order valence-corrected chi connectivity index (χ2v) is 6.88. The second kappa shape index (κ2) is 8.61. The summed E-state index contributed by atoms with van der Waals surface area (Å²) in [6.07, 6.45) is 5.29. The van der Waals surface area contributed by atoms with E-state index in [2.05, 4.69) is 30.3 Å². The highest BCUT2D eigenvalue weighted by Gasteiger charge is 2.47. The summed E-state index contributed by atoms with van der Waals surface area (Å²) in [4.78, 5) is 14.5. The van der Waals surface area contributed by atoms with Gasteiger partial charge in [0.05, 0.1) is 0 Å². The van der Waals surface area contributed by atoms with Crippen LogP contribution in [0.1, 0.15) is 18.1 Å². The minimum atomic E-state index is -0.545. The molecule has 3 nitrogen and oxygen atoms in total. The number of ether oxygens (including phenoxy) is 1. The number of hydrogen-bond acceptors (Lipinski definition) is 2. The smallest absolute Gasteiger partial charge is 0.270 e. The zero-order valence-corrected chi connectivity index (χ0v) is 16.3. The van der Waals surface area contributed by atoms with Crippen LogP contribution in [0.3, 0.4) is 0 Å². The molecular formula is C26H23NO2. The normalized spacial score (nSPS) is 18.4. The zero-order chi connectivity index (χ0) is 20.1. The first kappa shape index (κ1) is 18.8. The van der Waals surface area contributed by atoms with Gasteiger partial charge in [-0.2, -0.15) is 0 Å². The first-order chi connectivity index (χ1) is 14.3. The van der Waals surface area contributed by atoms with Crippen molar-refractivity contribution >= 4 is 11.5 Å². The number of benzene rings is 3. The number of amides is 1. The van der Waals surface area contributed by atoms with Crippen molar-refractivity contribution in [2.24, 2.45) is 0 Å². The molecule has 0 unspecified atom stereocenters. The molecular weight excluding hydrogens is 358 g/mol. The highest BCUT2D eigenvalue weighted by molar-refractivity contribution is 5.92. The summed E-state index contributed by atoms with van der Waals surface area (Å²) < 4.78 is 6.05. The number of carbonyl (C=O) groups is 1. The van der Waals surface area contributed by atoms with Crippen molar-refractivity contribution in [3.8, 4) is 5.75 Å². The molecule has 0 aliphatic carbocycles. The molecule has 0 N–H and O–H groups in total. The average molecular weight is 381 g/mol. The summed E-state index contributed by atoms with van der Waals surface area (Å²) in [6, 6.07) is 29.8. The fraction of sp³-hybridized carbons (Fsp3) is 0.115. The van der Waals surface area contributed by atoms with Gasteiger partial charge in [0.1, 0.15) is 11.8 Å². The van der Waals surface area contributed by atoms with Gasteiger partial charge in [0.2, 0.25) is 6.10 Å². The molecule has 1 saturated heterocycles. The molecule has 144 valence electrons. The minimum Gasteiger partial charge on any atom is -0.478 e. The molecule has 0 aromatic heterocycles. The number of carbonyl (C=O) groups excluding carboxylic acids is 1. The second-order valence-electron chi connectivity index (χ2n) is 6.88. The molecule has 3 aromatic carbocycles. The van der Waals surface area contributed by atoms with Crippen LogP contribution < -0.4 is 4.74 Å². The topological polar surface area (TPSA) is 29.5 Å². The number of likely N-dealkylation sites (tertiary alicyclic amines) is 1. The van der Waals surface area contributed by atoms with Crippen LogP contribution in [0.2, 0.25) is 0 Å². The first-order valence-corrected chi connectivity index (χ1v) is 9.77. The van der Waals surface area contributed by atoms with Gasteiger partial charge >= 0.3 is 0 Å². The van der Waals surface area contributed by atoms with E-state index in [0.717, 1.165) is 16.7 Å². The van der Waals surface area contributed by atoms with E-state index >= 15 is 0 Å². The lowest BCUT2D eigenvalue weighted by Crippen LogP contribution is -2.63. The Bertz CT molecular complexity index is 969. The molecule has 3 aromatic rings. The van der Waals surface area contributed by atoms with Gasteiger partial charge in [0.15, 0.2) is 0 Å². The Morgan fingerprint density at radius 1 is 0.828 bits per heavy atom. The van der Waals surface area contributed by atoms with Crippen LogP contribution in [0.5, 0.6) is 5.75 Å². The molecule has 0 saturated carbocycles. The lowest BCUT2D eigenvalue weighted by atomic mass is 9.90. The molecule has 1 amide bonds. The SMILES string of the molecule is C/C=C/N1C(=O)[C@H](Oc2ccccc2)[C@@H]1C=C(c1ccccc1)c1ccccc1. The maximum atomic E-state index is 12.7. The van der Waals surface area contributed by atoms with Crippen molar-refractivity contribution in [3.63, 3.8) is 0 Å². The van der Waals surface area contributed by atoms with Gasteiger partial charge in [-0.25, -0.2) is 0 Å². The summed E-state index contributed by atoms with van der Waals surface area (Å²) in [5, 5.41) is 0. The van der Waals surface area contributed by atoms with Gasteiger partial charge in [-0.05, 0) is 41.8 Å². The van der Waals surface area contributed by atoms with Gasteiger partial charge in [-0.3, -0.25) is 4.79 Å². The van der Waals surface area contributed by atoms with Crippen molar-refractivity contribution in [3.05, 3.63) is 120 Å². The summed E-state index contributed by atoms with van der Waals surface area (Å²) in [5.41, 5.74) is 3.30. The van der Waals surface area contributed by atoms with E-state index in [4.69, 9.17) is 4.74 Å². The third-order valence-electron chi connectivity index (χ3n) is 4.95. The average Bonchev–Trinajstić information content (AvgIpc) is 2.79. The van der Waals surface area contributed by atoms with E-state index in [1.165, 1.54) is 0 Å². The maximum Gasteiger partial charge on any atom is 0.270 e. The highest BCUT2D eigenvalue weighted by Crippen LogP contribution is 2.32. The van der Waals surface area contributed by atoms with Crippen LogP contribution in [0.4, 0.5) is 0 Å². The zero-order valence-electron chi connectivity index (χ0n) is 16.3. The predicted octanol–water partition coefficient (Wildman–Crippen LogP) is 5.31. The van der Waals surface area contributed by atoms with Crippen LogP contribution in [-0.4, -0.2) is 23.0 Å². The third-order valence-corrected chi connectivity index (χ3v) is 4.95. The molecule has 1 fully saturated rings. The molecule has 29 heavy (non-hydrogen) atoms. The Hall–Kier alpha value is -3.59. The molecule has 3 heteroatoms. The first-order valence-electron chi connectivity index (χ1n) is 9.77. The van der Waals surface area contributed by atoms with Gasteiger partial charge in [0, 0.05) is 6.20 Å². The molecule has 1 heterocycles. The fourth-order valence-electron chi connectivity index (χ4n) is 3.54. The van der Waals surface area contributed by atoms with Crippen LogP contribution >= 0.6 is 0 Å². The van der Waals surface area contributed by atoms with E-state index in [1.54, 1.807) is 4.90 Å². The molecule has 0 spiro atoms. The molecule has 0 bridgehead atoms. The Kier molecular flexibility index (Phi) is 5.57. The Morgan fingerprint density at radius 3 is 1.86 bits per heavy atom. The Morgan fingerprint density at radius 2 is 1.34 bits per heavy atom. The standard InChI is InChI=1S/C26H23NO2/c1-2-18-27-24(25(26(27)28)29-22-16-10-5-11-17-22)19-23(20-12-6-3-7-13-20)21-14-8-4-9-15-21/h2-19,24-25H,1H3/b18-2+/t24-,25+/m0/s1. The molecule has 2 atom stereocenters. The van der Waals surface area contributed by atoms with Crippen LogP contribution in [0, 0.1) is 0 Å².